The second-order valence-electron chi connectivity index (χ2n) is 6.79. The van der Waals surface area contributed by atoms with Gasteiger partial charge in [0.05, 0.1) is 5.56 Å². The third-order valence-corrected chi connectivity index (χ3v) is 4.38. The maximum atomic E-state index is 12.7. The van der Waals surface area contributed by atoms with Crippen LogP contribution in [0.2, 0.25) is 0 Å². The number of nitrogens with zero attached hydrogens (tertiary/aromatic N) is 4. The Kier molecular flexibility index (Phi) is 6.68. The van der Waals surface area contributed by atoms with E-state index in [1.54, 1.807) is 24.3 Å². The van der Waals surface area contributed by atoms with Gasteiger partial charge in [-0.15, -0.1) is 20.4 Å². The molecule has 0 amide bonds. The second kappa shape index (κ2) is 9.41. The zero-order valence-electron chi connectivity index (χ0n) is 16.1. The molecule has 2 aromatic carbocycles. The standard InChI is InChI=1S/C21H17F3N4O3/c22-21(23,24)16-9-7-14(8-10-16)19-25-27-20(28-26-19)15-4-1-3-13(11-15)12-17(29)5-2-6-18(30)31/h1,3-4,7-11H,2,5-6,12H2,(H,30,31). The fourth-order valence-electron chi connectivity index (χ4n) is 2.84. The number of carboxylic acid groups (broad SMARTS) is 1. The molecule has 1 N–H and O–H groups in total. The molecule has 0 saturated carbocycles. The summed E-state index contributed by atoms with van der Waals surface area (Å²) in [7, 11) is 0. The van der Waals surface area contributed by atoms with E-state index in [0.717, 1.165) is 12.1 Å². The number of rotatable bonds is 8. The third kappa shape index (κ3) is 6.14. The molecule has 0 aliphatic heterocycles. The van der Waals surface area contributed by atoms with Crippen LogP contribution >= 0.6 is 0 Å². The number of carbonyl (C=O) groups is 2. The summed E-state index contributed by atoms with van der Waals surface area (Å²) in [5.41, 5.74) is 0.867. The van der Waals surface area contributed by atoms with Crippen molar-refractivity contribution in [3.05, 3.63) is 59.7 Å². The Balaban J connectivity index is 1.69. The van der Waals surface area contributed by atoms with Crippen molar-refractivity contribution in [3.63, 3.8) is 0 Å². The fourth-order valence-corrected chi connectivity index (χ4v) is 2.84. The maximum absolute atomic E-state index is 12.7. The van der Waals surface area contributed by atoms with E-state index >= 15 is 0 Å². The Labute approximate surface area is 175 Å². The van der Waals surface area contributed by atoms with Crippen LogP contribution in [0.1, 0.15) is 30.4 Å². The van der Waals surface area contributed by atoms with Crippen molar-refractivity contribution in [2.75, 3.05) is 0 Å². The Morgan fingerprint density at radius 3 is 2.03 bits per heavy atom. The number of halogens is 3. The first-order valence-corrected chi connectivity index (χ1v) is 9.30. The highest BCUT2D eigenvalue weighted by Gasteiger charge is 2.30. The van der Waals surface area contributed by atoms with Gasteiger partial charge < -0.3 is 5.11 Å². The zero-order chi connectivity index (χ0) is 22.4. The van der Waals surface area contributed by atoms with Gasteiger partial charge >= 0.3 is 12.1 Å². The molecule has 10 heteroatoms. The minimum absolute atomic E-state index is 0.0533. The molecule has 0 aliphatic carbocycles. The number of hydrogen-bond donors (Lipinski definition) is 1. The van der Waals surface area contributed by atoms with Crippen molar-refractivity contribution in [3.8, 4) is 22.8 Å². The van der Waals surface area contributed by atoms with E-state index in [0.29, 0.717) is 16.7 Å². The maximum Gasteiger partial charge on any atom is 0.416 e. The third-order valence-electron chi connectivity index (χ3n) is 4.38. The molecular weight excluding hydrogens is 413 g/mol. The van der Waals surface area contributed by atoms with Crippen LogP contribution in [0.3, 0.4) is 0 Å². The van der Waals surface area contributed by atoms with Gasteiger partial charge in [-0.3, -0.25) is 9.59 Å². The second-order valence-corrected chi connectivity index (χ2v) is 6.79. The van der Waals surface area contributed by atoms with Crippen LogP contribution in [0.4, 0.5) is 13.2 Å². The molecule has 160 valence electrons. The number of aliphatic carboxylic acids is 1. The predicted octanol–water partition coefficient (Wildman–Crippen LogP) is 3.99. The number of aromatic nitrogens is 4. The number of ketones is 1. The van der Waals surface area contributed by atoms with Crippen molar-refractivity contribution in [1.82, 2.24) is 20.4 Å². The lowest BCUT2D eigenvalue weighted by Gasteiger charge is -2.07. The molecule has 31 heavy (non-hydrogen) atoms. The summed E-state index contributed by atoms with van der Waals surface area (Å²) < 4.78 is 38.0. The van der Waals surface area contributed by atoms with Gasteiger partial charge in [-0.2, -0.15) is 13.2 Å². The minimum atomic E-state index is -4.43. The first-order valence-electron chi connectivity index (χ1n) is 9.30. The van der Waals surface area contributed by atoms with Crippen molar-refractivity contribution in [2.24, 2.45) is 0 Å². The minimum Gasteiger partial charge on any atom is -0.481 e. The monoisotopic (exact) mass is 430 g/mol. The van der Waals surface area contributed by atoms with Gasteiger partial charge in [0, 0.05) is 30.4 Å². The molecule has 0 fully saturated rings. The van der Waals surface area contributed by atoms with Gasteiger partial charge in [-0.05, 0) is 30.2 Å². The molecule has 0 atom stereocenters. The number of hydrogen-bond acceptors (Lipinski definition) is 6. The Morgan fingerprint density at radius 1 is 0.839 bits per heavy atom. The molecule has 7 nitrogen and oxygen atoms in total. The average molecular weight is 430 g/mol. The highest BCUT2D eigenvalue weighted by atomic mass is 19.4. The molecule has 0 saturated heterocycles. The van der Waals surface area contributed by atoms with E-state index in [1.165, 1.54) is 12.1 Å². The molecule has 1 aromatic heterocycles. The number of benzene rings is 2. The fraction of sp³-hybridized carbons (Fsp3) is 0.238. The molecule has 1 heterocycles. The smallest absolute Gasteiger partial charge is 0.416 e. The zero-order valence-corrected chi connectivity index (χ0v) is 16.1. The lowest BCUT2D eigenvalue weighted by Crippen LogP contribution is -2.05. The van der Waals surface area contributed by atoms with E-state index in [2.05, 4.69) is 20.4 Å². The van der Waals surface area contributed by atoms with E-state index in [9.17, 15) is 22.8 Å². The quantitative estimate of drug-likeness (QED) is 0.576. The van der Waals surface area contributed by atoms with Crippen molar-refractivity contribution in [2.45, 2.75) is 31.9 Å². The van der Waals surface area contributed by atoms with Gasteiger partial charge in [0.2, 0.25) is 11.6 Å². The van der Waals surface area contributed by atoms with Crippen LogP contribution in [0, 0.1) is 0 Å². The van der Waals surface area contributed by atoms with Crippen molar-refractivity contribution < 1.29 is 27.9 Å². The molecule has 0 spiro atoms. The lowest BCUT2D eigenvalue weighted by atomic mass is 10.0. The van der Waals surface area contributed by atoms with Gasteiger partial charge in [0.15, 0.2) is 0 Å². The topological polar surface area (TPSA) is 106 Å². The molecule has 3 rings (SSSR count). The number of alkyl halides is 3. The molecule has 3 aromatic rings. The van der Waals surface area contributed by atoms with Crippen LogP contribution in [-0.4, -0.2) is 37.3 Å². The Bertz CT molecular complexity index is 1070. The number of carboxylic acids is 1. The first kappa shape index (κ1) is 22.0. The van der Waals surface area contributed by atoms with Crippen LogP contribution in [0.25, 0.3) is 22.8 Å². The van der Waals surface area contributed by atoms with E-state index in [-0.39, 0.29) is 43.1 Å². The molecule has 0 aliphatic rings. The summed E-state index contributed by atoms with van der Waals surface area (Å²) in [5, 5.41) is 24.5. The number of carbonyl (C=O) groups excluding carboxylic acids is 1. The van der Waals surface area contributed by atoms with E-state index in [1.807, 2.05) is 0 Å². The molecule has 0 radical (unpaired) electrons. The molecule has 0 bridgehead atoms. The van der Waals surface area contributed by atoms with Gasteiger partial charge in [-0.1, -0.05) is 30.3 Å². The van der Waals surface area contributed by atoms with Crippen LogP contribution in [0.15, 0.2) is 48.5 Å². The van der Waals surface area contributed by atoms with Crippen molar-refractivity contribution >= 4 is 11.8 Å². The van der Waals surface area contributed by atoms with E-state index < -0.39 is 17.7 Å². The van der Waals surface area contributed by atoms with Crippen LogP contribution < -0.4 is 0 Å². The average Bonchev–Trinajstić information content (AvgIpc) is 2.73. The molecular formula is C21H17F3N4O3. The summed E-state index contributed by atoms with van der Waals surface area (Å²) in [6, 6.07) is 11.3. The first-order chi connectivity index (χ1) is 14.7. The Morgan fingerprint density at radius 2 is 1.45 bits per heavy atom. The molecule has 0 unspecified atom stereocenters. The summed E-state index contributed by atoms with van der Waals surface area (Å²) in [4.78, 5) is 22.5. The van der Waals surface area contributed by atoms with Crippen LogP contribution in [0.5, 0.6) is 0 Å². The highest BCUT2D eigenvalue weighted by molar-refractivity contribution is 5.81. The Hall–Kier alpha value is -3.69. The SMILES string of the molecule is O=C(O)CCCC(=O)Cc1cccc(-c2nnc(-c3ccc(C(F)(F)F)cc3)nn2)c1. The van der Waals surface area contributed by atoms with Crippen molar-refractivity contribution in [1.29, 1.82) is 0 Å². The predicted molar refractivity (Wildman–Crippen MR) is 104 cm³/mol. The van der Waals surface area contributed by atoms with Gasteiger partial charge in [0.25, 0.3) is 0 Å². The largest absolute Gasteiger partial charge is 0.481 e. The summed E-state index contributed by atoms with van der Waals surface area (Å²) in [6.07, 6.45) is -3.86. The summed E-state index contributed by atoms with van der Waals surface area (Å²) in [6.45, 7) is 0. The summed E-state index contributed by atoms with van der Waals surface area (Å²) in [5.74, 6) is -0.724. The highest BCUT2D eigenvalue weighted by Crippen LogP contribution is 2.30. The van der Waals surface area contributed by atoms with Crippen LogP contribution in [-0.2, 0) is 22.2 Å². The van der Waals surface area contributed by atoms with E-state index in [4.69, 9.17) is 5.11 Å². The normalized spacial score (nSPS) is 11.3. The summed E-state index contributed by atoms with van der Waals surface area (Å²) >= 11 is 0. The van der Waals surface area contributed by atoms with Gasteiger partial charge in [0.1, 0.15) is 5.78 Å². The van der Waals surface area contributed by atoms with Gasteiger partial charge in [-0.25, -0.2) is 0 Å². The number of Topliss-reactive ketones (excluding diaryl/α,β-unsaturated/α-hetero) is 1. The lowest BCUT2D eigenvalue weighted by molar-refractivity contribution is -0.138.